The number of aliphatic hydroxyl groups is 1. The zero-order valence-electron chi connectivity index (χ0n) is 5.14. The van der Waals surface area contributed by atoms with E-state index in [0.717, 1.165) is 0 Å². The van der Waals surface area contributed by atoms with E-state index >= 15 is 0 Å². The molecular formula is C6H10O2. The molecule has 0 saturated carbocycles. The summed E-state index contributed by atoms with van der Waals surface area (Å²) in [5.41, 5.74) is 0. The van der Waals surface area contributed by atoms with E-state index in [4.69, 9.17) is 5.11 Å². The smallest absolute Gasteiger partial charge is 0.198 e. The summed E-state index contributed by atoms with van der Waals surface area (Å²) in [6, 6.07) is 0. The van der Waals surface area contributed by atoms with Crippen molar-refractivity contribution in [3.8, 4) is 0 Å². The van der Waals surface area contributed by atoms with Gasteiger partial charge in [-0.2, -0.15) is 0 Å². The van der Waals surface area contributed by atoms with E-state index in [9.17, 15) is 4.79 Å². The number of hydrogen-bond acceptors (Lipinski definition) is 2. The lowest BCUT2D eigenvalue weighted by molar-refractivity contribution is -0.120. The van der Waals surface area contributed by atoms with Gasteiger partial charge in [-0.05, 0) is 0 Å². The SMILES string of the molecule is C=C(O)C(=O)C(C)C. The Balaban J connectivity index is 3.84. The first-order chi connectivity index (χ1) is 3.55. The maximum absolute atomic E-state index is 10.5. The Morgan fingerprint density at radius 1 is 1.62 bits per heavy atom. The summed E-state index contributed by atoms with van der Waals surface area (Å²) < 4.78 is 0. The molecule has 0 fully saturated rings. The van der Waals surface area contributed by atoms with Crippen molar-refractivity contribution in [2.75, 3.05) is 0 Å². The molecule has 0 aromatic rings. The zero-order chi connectivity index (χ0) is 6.73. The molecule has 0 saturated heterocycles. The third kappa shape index (κ3) is 1.78. The van der Waals surface area contributed by atoms with E-state index < -0.39 is 0 Å². The first-order valence-electron chi connectivity index (χ1n) is 2.47. The average Bonchev–Trinajstić information content (AvgIpc) is 1.64. The molecule has 0 heterocycles. The molecule has 0 bridgehead atoms. The van der Waals surface area contributed by atoms with Crippen molar-refractivity contribution in [2.45, 2.75) is 13.8 Å². The molecule has 1 N–H and O–H groups in total. The molecule has 46 valence electrons. The molecule has 0 aliphatic carbocycles. The van der Waals surface area contributed by atoms with Crippen molar-refractivity contribution in [2.24, 2.45) is 5.92 Å². The second-order valence-corrected chi connectivity index (χ2v) is 1.97. The van der Waals surface area contributed by atoms with Gasteiger partial charge in [0.05, 0.1) is 0 Å². The van der Waals surface area contributed by atoms with Crippen LogP contribution in [0.25, 0.3) is 0 Å². The normalized spacial score (nSPS) is 9.38. The molecule has 0 aromatic heterocycles. The second kappa shape index (κ2) is 2.50. The maximum Gasteiger partial charge on any atom is 0.198 e. The van der Waals surface area contributed by atoms with Crippen molar-refractivity contribution >= 4 is 5.78 Å². The van der Waals surface area contributed by atoms with Gasteiger partial charge in [-0.1, -0.05) is 20.4 Å². The Bertz CT molecular complexity index is 114. The number of hydrogen-bond donors (Lipinski definition) is 1. The minimum Gasteiger partial charge on any atom is -0.505 e. The second-order valence-electron chi connectivity index (χ2n) is 1.97. The molecular weight excluding hydrogens is 104 g/mol. The summed E-state index contributed by atoms with van der Waals surface area (Å²) >= 11 is 0. The van der Waals surface area contributed by atoms with Crippen LogP contribution in [0.2, 0.25) is 0 Å². The lowest BCUT2D eigenvalue weighted by atomic mass is 10.1. The summed E-state index contributed by atoms with van der Waals surface area (Å²) in [6.07, 6.45) is 0. The molecule has 8 heavy (non-hydrogen) atoms. The van der Waals surface area contributed by atoms with E-state index in [-0.39, 0.29) is 17.5 Å². The highest BCUT2D eigenvalue weighted by atomic mass is 16.3. The molecule has 0 aromatic carbocycles. The van der Waals surface area contributed by atoms with Crippen LogP contribution >= 0.6 is 0 Å². The zero-order valence-corrected chi connectivity index (χ0v) is 5.14. The Morgan fingerprint density at radius 3 is 2.00 bits per heavy atom. The van der Waals surface area contributed by atoms with Gasteiger partial charge in [0.1, 0.15) is 0 Å². The summed E-state index contributed by atoms with van der Waals surface area (Å²) in [5, 5.41) is 8.45. The van der Waals surface area contributed by atoms with Crippen molar-refractivity contribution in [1.82, 2.24) is 0 Å². The fourth-order valence-electron chi connectivity index (χ4n) is 0.333. The van der Waals surface area contributed by atoms with Crippen molar-refractivity contribution in [1.29, 1.82) is 0 Å². The van der Waals surface area contributed by atoms with Crippen LogP contribution < -0.4 is 0 Å². The summed E-state index contributed by atoms with van der Waals surface area (Å²) in [4.78, 5) is 10.5. The minimum absolute atomic E-state index is 0.146. The Labute approximate surface area is 48.8 Å². The molecule has 0 aliphatic rings. The Hall–Kier alpha value is -0.790. The molecule has 0 atom stereocenters. The molecule has 0 unspecified atom stereocenters. The number of carbonyl (C=O) groups is 1. The minimum atomic E-state index is -0.347. The van der Waals surface area contributed by atoms with Crippen LogP contribution in [0.3, 0.4) is 0 Å². The predicted octanol–water partition coefficient (Wildman–Crippen LogP) is 1.28. The fraction of sp³-hybridized carbons (Fsp3) is 0.500. The highest BCUT2D eigenvalue weighted by molar-refractivity contribution is 5.93. The van der Waals surface area contributed by atoms with Gasteiger partial charge in [-0.15, -0.1) is 0 Å². The Morgan fingerprint density at radius 2 is 2.00 bits per heavy atom. The third-order valence-electron chi connectivity index (χ3n) is 0.809. The highest BCUT2D eigenvalue weighted by Gasteiger charge is 2.08. The van der Waals surface area contributed by atoms with Gasteiger partial charge in [-0.25, -0.2) is 0 Å². The highest BCUT2D eigenvalue weighted by Crippen LogP contribution is 1.98. The third-order valence-corrected chi connectivity index (χ3v) is 0.809. The molecule has 0 spiro atoms. The van der Waals surface area contributed by atoms with Gasteiger partial charge in [0.2, 0.25) is 0 Å². The number of aliphatic hydroxyl groups excluding tert-OH is 1. The van der Waals surface area contributed by atoms with Gasteiger partial charge in [0.15, 0.2) is 11.5 Å². The quantitative estimate of drug-likeness (QED) is 0.433. The molecule has 2 nitrogen and oxygen atoms in total. The van der Waals surface area contributed by atoms with E-state index in [1.807, 2.05) is 0 Å². The topological polar surface area (TPSA) is 37.3 Å². The maximum atomic E-state index is 10.5. The molecule has 0 rings (SSSR count). The fourth-order valence-corrected chi connectivity index (χ4v) is 0.333. The molecule has 0 aliphatic heterocycles. The van der Waals surface area contributed by atoms with Crippen molar-refractivity contribution < 1.29 is 9.90 Å². The van der Waals surface area contributed by atoms with Crippen molar-refractivity contribution in [3.05, 3.63) is 12.3 Å². The van der Waals surface area contributed by atoms with Gasteiger partial charge < -0.3 is 5.11 Å². The van der Waals surface area contributed by atoms with Crippen LogP contribution in [0.15, 0.2) is 12.3 Å². The van der Waals surface area contributed by atoms with Crippen LogP contribution in [0.1, 0.15) is 13.8 Å². The number of Topliss-reactive ketones (excluding diaryl/α,β-unsaturated/α-hetero) is 1. The van der Waals surface area contributed by atoms with Crippen molar-refractivity contribution in [3.63, 3.8) is 0 Å². The number of rotatable bonds is 2. The number of carbonyl (C=O) groups excluding carboxylic acids is 1. The van der Waals surface area contributed by atoms with E-state index in [0.29, 0.717) is 0 Å². The van der Waals surface area contributed by atoms with Crippen LogP contribution in [0.4, 0.5) is 0 Å². The van der Waals surface area contributed by atoms with Crippen LogP contribution in [0.5, 0.6) is 0 Å². The number of allylic oxidation sites excluding steroid dienone is 1. The van der Waals surface area contributed by atoms with Crippen LogP contribution in [-0.2, 0) is 4.79 Å². The van der Waals surface area contributed by atoms with Crippen LogP contribution in [0, 0.1) is 5.92 Å². The first kappa shape index (κ1) is 7.21. The van der Waals surface area contributed by atoms with E-state index in [2.05, 4.69) is 6.58 Å². The van der Waals surface area contributed by atoms with Gasteiger partial charge in [-0.3, -0.25) is 4.79 Å². The molecule has 2 heteroatoms. The van der Waals surface area contributed by atoms with Crippen LogP contribution in [-0.4, -0.2) is 10.9 Å². The average molecular weight is 114 g/mol. The number of ketones is 1. The summed E-state index contributed by atoms with van der Waals surface area (Å²) in [5.74, 6) is -0.780. The van der Waals surface area contributed by atoms with E-state index in [1.54, 1.807) is 13.8 Å². The van der Waals surface area contributed by atoms with Gasteiger partial charge >= 0.3 is 0 Å². The standard InChI is InChI=1S/C6H10O2/c1-4(2)6(8)5(3)7/h4,7H,3H2,1-2H3. The molecule has 0 amide bonds. The Kier molecular flexibility index (Phi) is 2.25. The lowest BCUT2D eigenvalue weighted by Gasteiger charge is -1.98. The molecule has 0 radical (unpaired) electrons. The lowest BCUT2D eigenvalue weighted by Crippen LogP contribution is -2.08. The largest absolute Gasteiger partial charge is 0.505 e. The first-order valence-corrected chi connectivity index (χ1v) is 2.47. The van der Waals surface area contributed by atoms with Gasteiger partial charge in [0.25, 0.3) is 0 Å². The summed E-state index contributed by atoms with van der Waals surface area (Å²) in [6.45, 7) is 6.51. The summed E-state index contributed by atoms with van der Waals surface area (Å²) in [7, 11) is 0. The van der Waals surface area contributed by atoms with Gasteiger partial charge in [0, 0.05) is 5.92 Å². The monoisotopic (exact) mass is 114 g/mol. The van der Waals surface area contributed by atoms with E-state index in [1.165, 1.54) is 0 Å². The predicted molar refractivity (Wildman–Crippen MR) is 31.6 cm³/mol.